The van der Waals surface area contributed by atoms with Gasteiger partial charge in [0.2, 0.25) is 0 Å². The molecule has 0 saturated carbocycles. The maximum absolute atomic E-state index is 9.39. The Hall–Kier alpha value is -1.72. The summed E-state index contributed by atoms with van der Waals surface area (Å²) in [5, 5.41) is 20.3. The summed E-state index contributed by atoms with van der Waals surface area (Å²) in [6.07, 6.45) is 0. The fourth-order valence-electron chi connectivity index (χ4n) is 2.25. The van der Waals surface area contributed by atoms with Crippen molar-refractivity contribution in [2.24, 2.45) is 0 Å². The van der Waals surface area contributed by atoms with Gasteiger partial charge >= 0.3 is 0 Å². The topological polar surface area (TPSA) is 66.2 Å². The van der Waals surface area contributed by atoms with Crippen molar-refractivity contribution < 1.29 is 10.2 Å². The summed E-state index contributed by atoms with van der Waals surface area (Å²) in [5.41, 5.74) is 2.64. The van der Waals surface area contributed by atoms with E-state index >= 15 is 0 Å². The quantitative estimate of drug-likeness (QED) is 0.718. The highest BCUT2D eigenvalue weighted by Crippen LogP contribution is 2.28. The van der Waals surface area contributed by atoms with Gasteiger partial charge in [0.05, 0.1) is 18.7 Å². The van der Waals surface area contributed by atoms with Crippen LogP contribution in [0.1, 0.15) is 11.1 Å². The van der Waals surface area contributed by atoms with Crippen molar-refractivity contribution in [3.8, 4) is 11.4 Å². The van der Waals surface area contributed by atoms with E-state index < -0.39 is 0 Å². The second-order valence-corrected chi connectivity index (χ2v) is 5.59. The number of rotatable bonds is 3. The highest BCUT2D eigenvalue weighted by Gasteiger charge is 2.11. The number of fused-ring (bicyclic) bond motifs is 1. The molecule has 1 aromatic heterocycles. The molecule has 0 aliphatic rings. The highest BCUT2D eigenvalue weighted by molar-refractivity contribution is 6.34. The summed E-state index contributed by atoms with van der Waals surface area (Å²) < 4.78 is 0. The third-order valence-electron chi connectivity index (χ3n) is 3.41. The fraction of sp³-hybridized carbons (Fsp3) is 0.125. The average Bonchev–Trinajstić information content (AvgIpc) is 2.54. The third-order valence-corrected chi connectivity index (χ3v) is 3.95. The Kier molecular flexibility index (Phi) is 4.27. The maximum atomic E-state index is 9.39. The lowest BCUT2D eigenvalue weighted by molar-refractivity contribution is 0.260. The van der Waals surface area contributed by atoms with E-state index in [4.69, 9.17) is 23.2 Å². The zero-order chi connectivity index (χ0) is 15.7. The van der Waals surface area contributed by atoms with E-state index in [0.29, 0.717) is 38.0 Å². The smallest absolute Gasteiger partial charge is 0.161 e. The van der Waals surface area contributed by atoms with Crippen molar-refractivity contribution in [3.63, 3.8) is 0 Å². The number of aromatic nitrogens is 2. The number of hydrogen-bond acceptors (Lipinski definition) is 4. The maximum Gasteiger partial charge on any atom is 0.161 e. The van der Waals surface area contributed by atoms with Crippen LogP contribution in [-0.2, 0) is 13.2 Å². The summed E-state index contributed by atoms with van der Waals surface area (Å²) >= 11 is 12.1. The molecule has 0 bridgehead atoms. The molecule has 0 aliphatic carbocycles. The molecule has 6 heteroatoms. The SMILES string of the molecule is OCc1cc2nc(-c3ccc(Cl)cc3)nc(Cl)c2cc1CO. The van der Waals surface area contributed by atoms with Crippen LogP contribution in [0.2, 0.25) is 10.2 Å². The van der Waals surface area contributed by atoms with Gasteiger partial charge in [-0.1, -0.05) is 23.2 Å². The Balaban J connectivity index is 2.21. The van der Waals surface area contributed by atoms with Crippen molar-refractivity contribution in [2.45, 2.75) is 13.2 Å². The first kappa shape index (κ1) is 15.2. The highest BCUT2D eigenvalue weighted by atomic mass is 35.5. The molecule has 22 heavy (non-hydrogen) atoms. The van der Waals surface area contributed by atoms with Crippen LogP contribution in [0.5, 0.6) is 0 Å². The van der Waals surface area contributed by atoms with Crippen LogP contribution in [0.4, 0.5) is 0 Å². The monoisotopic (exact) mass is 334 g/mol. The molecular weight excluding hydrogens is 323 g/mol. The van der Waals surface area contributed by atoms with Gasteiger partial charge in [0.1, 0.15) is 5.15 Å². The number of benzene rings is 2. The first-order chi connectivity index (χ1) is 10.6. The van der Waals surface area contributed by atoms with Gasteiger partial charge in [0, 0.05) is 16.0 Å². The van der Waals surface area contributed by atoms with Crippen LogP contribution in [-0.4, -0.2) is 20.2 Å². The summed E-state index contributed by atoms with van der Waals surface area (Å²) in [4.78, 5) is 8.79. The largest absolute Gasteiger partial charge is 0.392 e. The molecule has 2 aromatic carbocycles. The molecule has 0 amide bonds. The molecule has 2 N–H and O–H groups in total. The van der Waals surface area contributed by atoms with Gasteiger partial charge in [-0.3, -0.25) is 0 Å². The molecule has 0 atom stereocenters. The number of halogens is 2. The molecule has 0 unspecified atom stereocenters. The normalized spacial score (nSPS) is 11.1. The summed E-state index contributed by atoms with van der Waals surface area (Å²) in [7, 11) is 0. The number of aliphatic hydroxyl groups is 2. The van der Waals surface area contributed by atoms with Gasteiger partial charge in [0.25, 0.3) is 0 Å². The molecule has 0 radical (unpaired) electrons. The van der Waals surface area contributed by atoms with Gasteiger partial charge in [-0.2, -0.15) is 0 Å². The lowest BCUT2D eigenvalue weighted by Gasteiger charge is -2.09. The number of aliphatic hydroxyl groups excluding tert-OH is 2. The Morgan fingerprint density at radius 2 is 1.50 bits per heavy atom. The van der Waals surface area contributed by atoms with Crippen molar-refractivity contribution in [1.82, 2.24) is 9.97 Å². The van der Waals surface area contributed by atoms with E-state index in [0.717, 1.165) is 5.56 Å². The van der Waals surface area contributed by atoms with Crippen LogP contribution in [0.15, 0.2) is 36.4 Å². The van der Waals surface area contributed by atoms with Crippen molar-refractivity contribution in [3.05, 3.63) is 57.7 Å². The lowest BCUT2D eigenvalue weighted by Crippen LogP contribution is -1.98. The van der Waals surface area contributed by atoms with Gasteiger partial charge in [-0.15, -0.1) is 0 Å². The van der Waals surface area contributed by atoms with E-state index in [1.54, 1.807) is 24.3 Å². The van der Waals surface area contributed by atoms with Crippen molar-refractivity contribution in [2.75, 3.05) is 0 Å². The standard InChI is InChI=1S/C16H12Cl2N2O2/c17-12-3-1-9(2-4-12)16-19-14-6-11(8-22)10(7-21)5-13(14)15(18)20-16/h1-6,21-22H,7-8H2. The Bertz CT molecular complexity index is 836. The van der Waals surface area contributed by atoms with Crippen LogP contribution < -0.4 is 0 Å². The molecule has 1 heterocycles. The molecule has 0 fully saturated rings. The van der Waals surface area contributed by atoms with Gasteiger partial charge in [-0.05, 0) is 47.5 Å². The molecule has 0 aliphatic heterocycles. The Morgan fingerprint density at radius 3 is 2.14 bits per heavy atom. The molecule has 3 rings (SSSR count). The van der Waals surface area contributed by atoms with E-state index in [9.17, 15) is 10.2 Å². The first-order valence-electron chi connectivity index (χ1n) is 6.59. The van der Waals surface area contributed by atoms with Crippen LogP contribution in [0.3, 0.4) is 0 Å². The van der Waals surface area contributed by atoms with Crippen LogP contribution in [0, 0.1) is 0 Å². The predicted molar refractivity (Wildman–Crippen MR) is 86.8 cm³/mol. The van der Waals surface area contributed by atoms with Crippen molar-refractivity contribution >= 4 is 34.1 Å². The number of hydrogen-bond donors (Lipinski definition) is 2. The zero-order valence-corrected chi connectivity index (χ0v) is 12.9. The fourth-order valence-corrected chi connectivity index (χ4v) is 2.61. The molecule has 112 valence electrons. The third kappa shape index (κ3) is 2.78. The van der Waals surface area contributed by atoms with E-state index in [-0.39, 0.29) is 13.2 Å². The first-order valence-corrected chi connectivity index (χ1v) is 7.34. The number of nitrogens with zero attached hydrogens (tertiary/aromatic N) is 2. The summed E-state index contributed by atoms with van der Waals surface area (Å²) in [6.45, 7) is -0.356. The molecule has 4 nitrogen and oxygen atoms in total. The van der Waals surface area contributed by atoms with Gasteiger partial charge < -0.3 is 10.2 Å². The van der Waals surface area contributed by atoms with Crippen LogP contribution in [0.25, 0.3) is 22.3 Å². The summed E-state index contributed by atoms with van der Waals surface area (Å²) in [6, 6.07) is 10.6. The van der Waals surface area contributed by atoms with E-state index in [1.807, 2.05) is 12.1 Å². The zero-order valence-electron chi connectivity index (χ0n) is 11.4. The minimum atomic E-state index is -0.179. The minimum absolute atomic E-state index is 0.177. The van der Waals surface area contributed by atoms with E-state index in [2.05, 4.69) is 9.97 Å². The second-order valence-electron chi connectivity index (χ2n) is 4.80. The second kappa shape index (κ2) is 6.18. The van der Waals surface area contributed by atoms with Gasteiger partial charge in [-0.25, -0.2) is 9.97 Å². The van der Waals surface area contributed by atoms with Crippen LogP contribution >= 0.6 is 23.2 Å². The molecular formula is C16H12Cl2N2O2. The Labute approximate surface area is 137 Å². The molecule has 0 saturated heterocycles. The summed E-state index contributed by atoms with van der Waals surface area (Å²) in [5.74, 6) is 0.481. The predicted octanol–water partition coefficient (Wildman–Crippen LogP) is 3.59. The average molecular weight is 335 g/mol. The molecule has 0 spiro atoms. The Morgan fingerprint density at radius 1 is 0.864 bits per heavy atom. The van der Waals surface area contributed by atoms with Crippen molar-refractivity contribution in [1.29, 1.82) is 0 Å². The molecule has 3 aromatic rings. The van der Waals surface area contributed by atoms with E-state index in [1.165, 1.54) is 0 Å². The minimum Gasteiger partial charge on any atom is -0.392 e. The lowest BCUT2D eigenvalue weighted by atomic mass is 10.1. The van der Waals surface area contributed by atoms with Gasteiger partial charge in [0.15, 0.2) is 5.82 Å².